The number of hydrogen-bond acceptors (Lipinski definition) is 4. The van der Waals surface area contributed by atoms with Crippen molar-refractivity contribution in [3.63, 3.8) is 0 Å². The number of hydrogen-bond donors (Lipinski definition) is 2. The molecule has 8 heteroatoms. The molecule has 1 unspecified atom stereocenters. The van der Waals surface area contributed by atoms with E-state index in [0.717, 1.165) is 12.8 Å². The van der Waals surface area contributed by atoms with E-state index in [1.165, 1.54) is 23.5 Å². The van der Waals surface area contributed by atoms with Crippen molar-refractivity contribution in [2.45, 2.75) is 43.7 Å². The quantitative estimate of drug-likeness (QED) is 0.757. The molecule has 1 aromatic rings. The first kappa shape index (κ1) is 20.9. The van der Waals surface area contributed by atoms with Crippen molar-refractivity contribution in [3.05, 3.63) is 29.8 Å². The summed E-state index contributed by atoms with van der Waals surface area (Å²) in [5, 5.41) is 2.78. The zero-order chi connectivity index (χ0) is 17.2. The number of halogens is 1. The van der Waals surface area contributed by atoms with E-state index in [-0.39, 0.29) is 35.3 Å². The van der Waals surface area contributed by atoms with Crippen LogP contribution in [0.1, 0.15) is 37.0 Å². The van der Waals surface area contributed by atoms with E-state index < -0.39 is 10.0 Å². The Kier molecular flexibility index (Phi) is 7.22. The van der Waals surface area contributed by atoms with Crippen LogP contribution in [0.15, 0.2) is 29.2 Å². The molecule has 24 heavy (non-hydrogen) atoms. The third-order valence-corrected chi connectivity index (χ3v) is 6.26. The average molecular weight is 376 g/mol. The minimum Gasteiger partial charge on any atom is -0.350 e. The fraction of sp³-hybridized carbons (Fsp3) is 0.562. The summed E-state index contributed by atoms with van der Waals surface area (Å²) in [6, 6.07) is 5.91. The van der Waals surface area contributed by atoms with Gasteiger partial charge in [0.2, 0.25) is 10.0 Å². The number of carbonyl (C=O) groups excluding carboxylic acids is 1. The molecular formula is C16H26ClN3O3S. The number of nitrogens with one attached hydrogen (secondary N) is 1. The van der Waals surface area contributed by atoms with E-state index in [4.69, 9.17) is 5.73 Å². The Bertz CT molecular complexity index is 675. The second kappa shape index (κ2) is 8.29. The third-order valence-electron chi connectivity index (χ3n) is 4.23. The van der Waals surface area contributed by atoms with Gasteiger partial charge in [-0.25, -0.2) is 8.42 Å². The molecule has 1 fully saturated rings. The number of nitrogens with zero attached hydrogens (tertiary/aromatic N) is 1. The lowest BCUT2D eigenvalue weighted by molar-refractivity contribution is 0.0950. The van der Waals surface area contributed by atoms with Crippen LogP contribution in [0.25, 0.3) is 0 Å². The van der Waals surface area contributed by atoms with Crippen molar-refractivity contribution in [1.82, 2.24) is 9.62 Å². The topological polar surface area (TPSA) is 92.5 Å². The first-order chi connectivity index (χ1) is 10.7. The molecule has 6 nitrogen and oxygen atoms in total. The van der Waals surface area contributed by atoms with Crippen molar-refractivity contribution in [1.29, 1.82) is 0 Å². The molecule has 0 radical (unpaired) electrons. The molecule has 0 spiro atoms. The molecule has 1 aliphatic rings. The number of carbonyl (C=O) groups is 1. The van der Waals surface area contributed by atoms with Crippen LogP contribution in [0.4, 0.5) is 0 Å². The molecule has 2 rings (SSSR count). The van der Waals surface area contributed by atoms with Crippen LogP contribution in [0, 0.1) is 5.92 Å². The number of amides is 1. The molecule has 1 aromatic carbocycles. The lowest BCUT2D eigenvalue weighted by Crippen LogP contribution is -2.38. The summed E-state index contributed by atoms with van der Waals surface area (Å²) in [5.74, 6) is 0.201. The molecule has 136 valence electrons. The van der Waals surface area contributed by atoms with Gasteiger partial charge in [-0.2, -0.15) is 4.31 Å². The first-order valence-electron chi connectivity index (χ1n) is 7.85. The Morgan fingerprint density at radius 1 is 1.38 bits per heavy atom. The third kappa shape index (κ3) is 4.92. The maximum Gasteiger partial charge on any atom is 0.251 e. The van der Waals surface area contributed by atoms with Crippen LogP contribution in [-0.2, 0) is 10.0 Å². The van der Waals surface area contributed by atoms with Gasteiger partial charge in [-0.1, -0.05) is 6.07 Å². The molecule has 1 saturated carbocycles. The summed E-state index contributed by atoms with van der Waals surface area (Å²) in [5.41, 5.74) is 6.29. The SMILES string of the molecule is CC(C)N(C)S(=O)(=O)c1cccc(C(=O)NCC(N)C2CC2)c1.Cl. The fourth-order valence-corrected chi connectivity index (χ4v) is 3.66. The van der Waals surface area contributed by atoms with Crippen molar-refractivity contribution < 1.29 is 13.2 Å². The Labute approximate surface area is 150 Å². The van der Waals surface area contributed by atoms with Gasteiger partial charge < -0.3 is 11.1 Å². The maximum atomic E-state index is 12.5. The van der Waals surface area contributed by atoms with Crippen LogP contribution >= 0.6 is 12.4 Å². The van der Waals surface area contributed by atoms with E-state index in [0.29, 0.717) is 18.0 Å². The summed E-state index contributed by atoms with van der Waals surface area (Å²) < 4.78 is 26.3. The molecule has 1 aliphatic carbocycles. The van der Waals surface area contributed by atoms with Gasteiger partial charge in [0.1, 0.15) is 0 Å². The molecule has 0 aliphatic heterocycles. The van der Waals surface area contributed by atoms with E-state index in [9.17, 15) is 13.2 Å². The molecule has 1 amide bonds. The molecule has 0 saturated heterocycles. The Balaban J connectivity index is 0.00000288. The van der Waals surface area contributed by atoms with Crippen molar-refractivity contribution in [2.75, 3.05) is 13.6 Å². The summed E-state index contributed by atoms with van der Waals surface area (Å²) in [6.45, 7) is 4.01. The maximum absolute atomic E-state index is 12.5. The second-order valence-electron chi connectivity index (χ2n) is 6.35. The predicted molar refractivity (Wildman–Crippen MR) is 96.8 cm³/mol. The van der Waals surface area contributed by atoms with Gasteiger partial charge in [0.25, 0.3) is 5.91 Å². The highest BCUT2D eigenvalue weighted by Crippen LogP contribution is 2.31. The zero-order valence-corrected chi connectivity index (χ0v) is 15.9. The van der Waals surface area contributed by atoms with Gasteiger partial charge in [0.15, 0.2) is 0 Å². The number of sulfonamides is 1. The van der Waals surface area contributed by atoms with Gasteiger partial charge in [-0.3, -0.25) is 4.79 Å². The van der Waals surface area contributed by atoms with E-state index >= 15 is 0 Å². The summed E-state index contributed by atoms with van der Waals surface area (Å²) in [4.78, 5) is 12.3. The fourth-order valence-electron chi connectivity index (χ4n) is 2.25. The molecular weight excluding hydrogens is 350 g/mol. The van der Waals surface area contributed by atoms with Crippen LogP contribution in [-0.4, -0.2) is 44.3 Å². The van der Waals surface area contributed by atoms with Crippen LogP contribution in [0.3, 0.4) is 0 Å². The Morgan fingerprint density at radius 2 is 2.00 bits per heavy atom. The van der Waals surface area contributed by atoms with Gasteiger partial charge in [-0.05, 0) is 50.8 Å². The second-order valence-corrected chi connectivity index (χ2v) is 8.35. The monoisotopic (exact) mass is 375 g/mol. The largest absolute Gasteiger partial charge is 0.350 e. The molecule has 3 N–H and O–H groups in total. The zero-order valence-electron chi connectivity index (χ0n) is 14.2. The highest BCUT2D eigenvalue weighted by atomic mass is 35.5. The Morgan fingerprint density at radius 3 is 2.54 bits per heavy atom. The first-order valence-corrected chi connectivity index (χ1v) is 9.29. The van der Waals surface area contributed by atoms with Crippen molar-refractivity contribution in [2.24, 2.45) is 11.7 Å². The minimum atomic E-state index is -3.60. The van der Waals surface area contributed by atoms with Gasteiger partial charge >= 0.3 is 0 Å². The van der Waals surface area contributed by atoms with Gasteiger partial charge in [0.05, 0.1) is 4.90 Å². The lowest BCUT2D eigenvalue weighted by Gasteiger charge is -2.21. The molecule has 0 aromatic heterocycles. The van der Waals surface area contributed by atoms with Crippen molar-refractivity contribution in [3.8, 4) is 0 Å². The predicted octanol–water partition coefficient (Wildman–Crippen LogP) is 1.60. The molecule has 0 heterocycles. The van der Waals surface area contributed by atoms with E-state index in [1.54, 1.807) is 26.0 Å². The average Bonchev–Trinajstić information content (AvgIpc) is 3.36. The number of benzene rings is 1. The Hall–Kier alpha value is -1.15. The highest BCUT2D eigenvalue weighted by molar-refractivity contribution is 7.89. The van der Waals surface area contributed by atoms with E-state index in [2.05, 4.69) is 5.32 Å². The standard InChI is InChI=1S/C16H25N3O3S.ClH/c1-11(2)19(3)23(21,22)14-6-4-5-13(9-14)16(20)18-10-15(17)12-7-8-12;/h4-6,9,11-12,15H,7-8,10,17H2,1-3H3,(H,18,20);1H. The number of nitrogens with two attached hydrogens (primary N) is 1. The summed E-state index contributed by atoms with van der Waals surface area (Å²) in [7, 11) is -2.07. The summed E-state index contributed by atoms with van der Waals surface area (Å²) >= 11 is 0. The number of rotatable bonds is 7. The molecule has 1 atom stereocenters. The highest BCUT2D eigenvalue weighted by Gasteiger charge is 2.29. The minimum absolute atomic E-state index is 0. The van der Waals surface area contributed by atoms with Crippen LogP contribution < -0.4 is 11.1 Å². The lowest BCUT2D eigenvalue weighted by atomic mass is 10.2. The van der Waals surface area contributed by atoms with Crippen LogP contribution in [0.2, 0.25) is 0 Å². The normalized spacial score (nSPS) is 15.9. The van der Waals surface area contributed by atoms with Crippen LogP contribution in [0.5, 0.6) is 0 Å². The molecule has 0 bridgehead atoms. The van der Waals surface area contributed by atoms with E-state index in [1.807, 2.05) is 0 Å². The summed E-state index contributed by atoms with van der Waals surface area (Å²) in [6.07, 6.45) is 2.23. The van der Waals surface area contributed by atoms with Gasteiger partial charge in [-0.15, -0.1) is 12.4 Å². The van der Waals surface area contributed by atoms with Gasteiger partial charge in [0, 0.05) is 31.2 Å². The smallest absolute Gasteiger partial charge is 0.251 e. The van der Waals surface area contributed by atoms with Crippen molar-refractivity contribution >= 4 is 28.3 Å².